The highest BCUT2D eigenvalue weighted by atomic mass is 16.5. The maximum Gasteiger partial charge on any atom is 0.224 e. The van der Waals surface area contributed by atoms with E-state index in [1.165, 1.54) is 0 Å². The predicted molar refractivity (Wildman–Crippen MR) is 123 cm³/mol. The van der Waals surface area contributed by atoms with Crippen LogP contribution in [0.1, 0.15) is 24.2 Å². The normalized spacial score (nSPS) is 16.4. The van der Waals surface area contributed by atoms with E-state index in [0.717, 1.165) is 58.9 Å². The van der Waals surface area contributed by atoms with Crippen molar-refractivity contribution < 1.29 is 14.3 Å². The number of fused-ring (bicyclic) bond motifs is 1. The van der Waals surface area contributed by atoms with Crippen molar-refractivity contribution in [1.82, 2.24) is 25.3 Å². The molecular weight excluding hydrogens is 408 g/mol. The number of hydrogen-bond acceptors (Lipinski definition) is 7. The van der Waals surface area contributed by atoms with Crippen LogP contribution in [0, 0.1) is 19.8 Å². The standard InChI is InChI=1S/C23H30N6O3/c1-15-20-16(2)29(18-7-9-19(32-4)10-8-18)27-21(20)22(26-25-15)28-12-5-6-17(14-28)23(30)24-11-13-31-3/h7-10,17H,5-6,11-14H2,1-4H3,(H,24,30). The van der Waals surface area contributed by atoms with Gasteiger partial charge in [-0.3, -0.25) is 4.79 Å². The molecule has 1 aliphatic heterocycles. The fourth-order valence-corrected chi connectivity index (χ4v) is 4.30. The van der Waals surface area contributed by atoms with Crippen molar-refractivity contribution in [2.75, 3.05) is 45.4 Å². The van der Waals surface area contributed by atoms with E-state index in [2.05, 4.69) is 20.4 Å². The summed E-state index contributed by atoms with van der Waals surface area (Å²) in [4.78, 5) is 14.7. The Hall–Kier alpha value is -3.20. The number of anilines is 1. The summed E-state index contributed by atoms with van der Waals surface area (Å²) in [6, 6.07) is 7.80. The van der Waals surface area contributed by atoms with Gasteiger partial charge in [0.15, 0.2) is 5.82 Å². The number of piperidine rings is 1. The molecule has 2 aromatic heterocycles. The van der Waals surface area contributed by atoms with Crippen LogP contribution in [0.2, 0.25) is 0 Å². The van der Waals surface area contributed by atoms with E-state index in [0.29, 0.717) is 19.7 Å². The second-order valence-electron chi connectivity index (χ2n) is 8.10. The number of ether oxygens (including phenoxy) is 2. The fourth-order valence-electron chi connectivity index (χ4n) is 4.30. The molecule has 4 rings (SSSR count). The van der Waals surface area contributed by atoms with Gasteiger partial charge in [-0.2, -0.15) is 10.2 Å². The van der Waals surface area contributed by atoms with Crippen molar-refractivity contribution in [2.24, 2.45) is 5.92 Å². The minimum Gasteiger partial charge on any atom is -0.497 e. The Morgan fingerprint density at radius 1 is 1.19 bits per heavy atom. The molecule has 1 aliphatic rings. The Balaban J connectivity index is 1.65. The molecule has 1 amide bonds. The number of hydrogen-bond donors (Lipinski definition) is 1. The van der Waals surface area contributed by atoms with Crippen LogP contribution < -0.4 is 15.0 Å². The van der Waals surface area contributed by atoms with E-state index >= 15 is 0 Å². The van der Waals surface area contributed by atoms with Crippen molar-refractivity contribution in [2.45, 2.75) is 26.7 Å². The molecule has 170 valence electrons. The minimum absolute atomic E-state index is 0.0583. The molecule has 1 fully saturated rings. The van der Waals surface area contributed by atoms with Gasteiger partial charge < -0.3 is 19.7 Å². The van der Waals surface area contributed by atoms with Crippen LogP contribution in [0.4, 0.5) is 5.82 Å². The summed E-state index contributed by atoms with van der Waals surface area (Å²) in [5.41, 5.74) is 3.60. The largest absolute Gasteiger partial charge is 0.497 e. The van der Waals surface area contributed by atoms with E-state index in [1.54, 1.807) is 14.2 Å². The van der Waals surface area contributed by atoms with Crippen LogP contribution in [0.25, 0.3) is 16.6 Å². The van der Waals surface area contributed by atoms with Crippen LogP contribution in [0.3, 0.4) is 0 Å². The molecule has 9 nitrogen and oxygen atoms in total. The molecule has 0 bridgehead atoms. The number of nitrogens with one attached hydrogen (secondary N) is 1. The second-order valence-corrected chi connectivity index (χ2v) is 8.10. The Morgan fingerprint density at radius 2 is 1.97 bits per heavy atom. The van der Waals surface area contributed by atoms with Gasteiger partial charge in [0.1, 0.15) is 11.3 Å². The number of amides is 1. The first-order valence-corrected chi connectivity index (χ1v) is 10.9. The smallest absolute Gasteiger partial charge is 0.224 e. The van der Waals surface area contributed by atoms with Crippen molar-refractivity contribution in [3.8, 4) is 11.4 Å². The fraction of sp³-hybridized carbons (Fsp3) is 0.478. The minimum atomic E-state index is -0.0940. The lowest BCUT2D eigenvalue weighted by Gasteiger charge is -2.32. The third-order valence-corrected chi connectivity index (χ3v) is 6.00. The molecule has 3 heterocycles. The molecule has 3 aromatic rings. The molecule has 1 N–H and O–H groups in total. The SMILES string of the molecule is COCCNC(=O)C1CCCN(c2nnc(C)c3c(C)n(-c4ccc(OC)cc4)nc23)C1. The number of benzene rings is 1. The summed E-state index contributed by atoms with van der Waals surface area (Å²) >= 11 is 0. The van der Waals surface area contributed by atoms with Gasteiger partial charge in [-0.1, -0.05) is 0 Å². The van der Waals surface area contributed by atoms with Gasteiger partial charge in [-0.25, -0.2) is 4.68 Å². The topological polar surface area (TPSA) is 94.4 Å². The van der Waals surface area contributed by atoms with Crippen molar-refractivity contribution in [1.29, 1.82) is 0 Å². The molecule has 1 atom stereocenters. The average Bonchev–Trinajstić information content (AvgIpc) is 3.17. The zero-order chi connectivity index (χ0) is 22.7. The average molecular weight is 439 g/mol. The second kappa shape index (κ2) is 9.52. The summed E-state index contributed by atoms with van der Waals surface area (Å²) in [5, 5.41) is 17.8. The maximum atomic E-state index is 12.6. The third kappa shape index (κ3) is 4.25. The first-order chi connectivity index (χ1) is 15.5. The van der Waals surface area contributed by atoms with E-state index < -0.39 is 0 Å². The number of carbonyl (C=O) groups is 1. The molecule has 1 aromatic carbocycles. The van der Waals surface area contributed by atoms with Crippen molar-refractivity contribution in [3.05, 3.63) is 35.7 Å². The number of aryl methyl sites for hydroxylation is 2. The quantitative estimate of drug-likeness (QED) is 0.566. The van der Waals surface area contributed by atoms with Gasteiger partial charge in [0.05, 0.1) is 42.1 Å². The molecule has 0 saturated carbocycles. The molecule has 0 radical (unpaired) electrons. The number of methoxy groups -OCH3 is 2. The first kappa shape index (κ1) is 22.0. The molecule has 0 aliphatic carbocycles. The zero-order valence-electron chi connectivity index (χ0n) is 19.1. The molecule has 32 heavy (non-hydrogen) atoms. The van der Waals surface area contributed by atoms with Crippen molar-refractivity contribution in [3.63, 3.8) is 0 Å². The van der Waals surface area contributed by atoms with Gasteiger partial charge in [0.2, 0.25) is 5.91 Å². The summed E-state index contributed by atoms with van der Waals surface area (Å²) < 4.78 is 12.2. The van der Waals surface area contributed by atoms with Crippen molar-refractivity contribution >= 4 is 22.6 Å². The molecule has 0 spiro atoms. The number of nitrogens with zero attached hydrogens (tertiary/aromatic N) is 5. The van der Waals surface area contributed by atoms with E-state index in [4.69, 9.17) is 14.6 Å². The Morgan fingerprint density at radius 3 is 2.69 bits per heavy atom. The van der Waals surface area contributed by atoms with E-state index in [1.807, 2.05) is 42.8 Å². The highest BCUT2D eigenvalue weighted by molar-refractivity contribution is 5.92. The number of carbonyl (C=O) groups excluding carboxylic acids is 1. The highest BCUT2D eigenvalue weighted by Crippen LogP contribution is 2.31. The molecule has 1 unspecified atom stereocenters. The Labute approximate surface area is 187 Å². The van der Waals surface area contributed by atoms with Gasteiger partial charge >= 0.3 is 0 Å². The summed E-state index contributed by atoms with van der Waals surface area (Å²) in [7, 11) is 3.28. The lowest BCUT2D eigenvalue weighted by molar-refractivity contribution is -0.125. The van der Waals surface area contributed by atoms with Crippen LogP contribution in [0.15, 0.2) is 24.3 Å². The molecule has 1 saturated heterocycles. The van der Waals surface area contributed by atoms with E-state index in [-0.39, 0.29) is 11.8 Å². The van der Waals surface area contributed by atoms with Crippen LogP contribution in [-0.4, -0.2) is 66.3 Å². The van der Waals surface area contributed by atoms with Crippen LogP contribution >= 0.6 is 0 Å². The van der Waals surface area contributed by atoms with E-state index in [9.17, 15) is 4.79 Å². The first-order valence-electron chi connectivity index (χ1n) is 10.9. The Kier molecular flexibility index (Phi) is 6.55. The highest BCUT2D eigenvalue weighted by Gasteiger charge is 2.29. The third-order valence-electron chi connectivity index (χ3n) is 6.00. The molecular formula is C23H30N6O3. The summed E-state index contributed by atoms with van der Waals surface area (Å²) in [6.45, 7) is 6.44. The lowest BCUT2D eigenvalue weighted by atomic mass is 9.97. The maximum absolute atomic E-state index is 12.6. The predicted octanol–water partition coefficient (Wildman–Crippen LogP) is 2.42. The number of rotatable bonds is 7. The van der Waals surface area contributed by atoms with Gasteiger partial charge in [-0.05, 0) is 51.0 Å². The monoisotopic (exact) mass is 438 g/mol. The van der Waals surface area contributed by atoms with Gasteiger partial charge in [0.25, 0.3) is 0 Å². The van der Waals surface area contributed by atoms with Gasteiger partial charge in [0, 0.05) is 26.7 Å². The summed E-state index contributed by atoms with van der Waals surface area (Å²) in [5.74, 6) is 1.49. The van der Waals surface area contributed by atoms with Crippen LogP contribution in [0.5, 0.6) is 5.75 Å². The number of aromatic nitrogens is 4. The Bertz CT molecular complexity index is 1100. The van der Waals surface area contributed by atoms with Gasteiger partial charge in [-0.15, -0.1) is 5.10 Å². The van der Waals surface area contributed by atoms with Crippen LogP contribution in [-0.2, 0) is 9.53 Å². The lowest BCUT2D eigenvalue weighted by Crippen LogP contribution is -2.44. The molecule has 9 heteroatoms. The summed E-state index contributed by atoms with van der Waals surface area (Å²) in [6.07, 6.45) is 1.77. The zero-order valence-corrected chi connectivity index (χ0v) is 19.1.